The SMILES string of the molecule is CCC1(C)C(C2CCN(Cc3ccccc3)CC2)NCC(C)N1C(N)=O. The fourth-order valence-corrected chi connectivity index (χ4v) is 5.08. The van der Waals surface area contributed by atoms with Gasteiger partial charge >= 0.3 is 6.03 Å². The number of urea groups is 1. The lowest BCUT2D eigenvalue weighted by atomic mass is 9.73. The van der Waals surface area contributed by atoms with Crippen molar-refractivity contribution in [3.63, 3.8) is 0 Å². The second-order valence-electron chi connectivity index (χ2n) is 8.25. The molecule has 0 aromatic heterocycles. The van der Waals surface area contributed by atoms with E-state index in [1.165, 1.54) is 18.4 Å². The zero-order chi connectivity index (χ0) is 18.7. The molecule has 2 saturated heterocycles. The van der Waals surface area contributed by atoms with Crippen LogP contribution in [0.25, 0.3) is 0 Å². The third-order valence-electron chi connectivity index (χ3n) is 6.60. The van der Waals surface area contributed by atoms with Crippen molar-refractivity contribution in [2.24, 2.45) is 11.7 Å². The van der Waals surface area contributed by atoms with Crippen LogP contribution in [0.2, 0.25) is 0 Å². The number of hydrogen-bond donors (Lipinski definition) is 2. The lowest BCUT2D eigenvalue weighted by molar-refractivity contribution is -0.00410. The second-order valence-corrected chi connectivity index (χ2v) is 8.25. The van der Waals surface area contributed by atoms with Gasteiger partial charge in [0.15, 0.2) is 0 Å². The van der Waals surface area contributed by atoms with E-state index in [9.17, 15) is 4.79 Å². The standard InChI is InChI=1S/C21H34N4O/c1-4-21(3)19(23-14-16(2)25(21)20(22)26)18-10-12-24(13-11-18)15-17-8-6-5-7-9-17/h5-9,16,18-19,23H,4,10-15H2,1-3H3,(H2,22,26). The average molecular weight is 359 g/mol. The van der Waals surface area contributed by atoms with Crippen molar-refractivity contribution >= 4 is 6.03 Å². The molecule has 5 heteroatoms. The van der Waals surface area contributed by atoms with Gasteiger partial charge in [-0.25, -0.2) is 4.79 Å². The van der Waals surface area contributed by atoms with Crippen molar-refractivity contribution in [3.8, 4) is 0 Å². The molecule has 0 spiro atoms. The molecule has 0 saturated carbocycles. The summed E-state index contributed by atoms with van der Waals surface area (Å²) < 4.78 is 0. The third-order valence-corrected chi connectivity index (χ3v) is 6.60. The van der Waals surface area contributed by atoms with Gasteiger partial charge in [0.2, 0.25) is 0 Å². The van der Waals surface area contributed by atoms with Crippen LogP contribution in [-0.4, -0.2) is 53.1 Å². The molecule has 1 aromatic carbocycles. The first kappa shape index (κ1) is 19.2. The van der Waals surface area contributed by atoms with Crippen LogP contribution in [0.4, 0.5) is 4.79 Å². The number of carbonyl (C=O) groups excluding carboxylic acids is 1. The molecule has 3 N–H and O–H groups in total. The maximum Gasteiger partial charge on any atom is 0.315 e. The predicted molar refractivity (Wildman–Crippen MR) is 106 cm³/mol. The highest BCUT2D eigenvalue weighted by atomic mass is 16.2. The van der Waals surface area contributed by atoms with Crippen molar-refractivity contribution in [1.82, 2.24) is 15.1 Å². The lowest BCUT2D eigenvalue weighted by Gasteiger charge is -2.55. The van der Waals surface area contributed by atoms with Gasteiger partial charge in [-0.15, -0.1) is 0 Å². The summed E-state index contributed by atoms with van der Waals surface area (Å²) in [5, 5.41) is 3.76. The van der Waals surface area contributed by atoms with Gasteiger partial charge in [0.1, 0.15) is 0 Å². The van der Waals surface area contributed by atoms with E-state index in [1.54, 1.807) is 0 Å². The molecule has 26 heavy (non-hydrogen) atoms. The first-order valence-corrected chi connectivity index (χ1v) is 10.0. The van der Waals surface area contributed by atoms with Crippen molar-refractivity contribution in [2.45, 2.75) is 64.2 Å². The Hall–Kier alpha value is -1.59. The van der Waals surface area contributed by atoms with Gasteiger partial charge in [-0.1, -0.05) is 37.3 Å². The Balaban J connectivity index is 1.65. The first-order chi connectivity index (χ1) is 12.5. The molecule has 2 fully saturated rings. The molecule has 0 aliphatic carbocycles. The van der Waals surface area contributed by atoms with E-state index in [0.29, 0.717) is 12.0 Å². The van der Waals surface area contributed by atoms with Crippen molar-refractivity contribution in [2.75, 3.05) is 19.6 Å². The Kier molecular flexibility index (Phi) is 5.88. The van der Waals surface area contributed by atoms with E-state index in [-0.39, 0.29) is 17.6 Å². The highest BCUT2D eigenvalue weighted by Gasteiger charge is 2.48. The molecule has 3 atom stereocenters. The minimum atomic E-state index is -0.283. The number of hydrogen-bond acceptors (Lipinski definition) is 3. The van der Waals surface area contributed by atoms with Gasteiger partial charge in [-0.2, -0.15) is 0 Å². The molecule has 1 aromatic rings. The van der Waals surface area contributed by atoms with Crippen LogP contribution < -0.4 is 11.1 Å². The molecule has 0 bridgehead atoms. The monoisotopic (exact) mass is 358 g/mol. The van der Waals surface area contributed by atoms with Crippen LogP contribution in [0.1, 0.15) is 45.6 Å². The Labute approximate surface area is 157 Å². The van der Waals surface area contributed by atoms with E-state index in [2.05, 4.69) is 61.3 Å². The van der Waals surface area contributed by atoms with E-state index in [1.807, 2.05) is 4.90 Å². The molecule has 5 nitrogen and oxygen atoms in total. The Morgan fingerprint density at radius 3 is 2.50 bits per heavy atom. The minimum absolute atomic E-state index is 0.145. The Morgan fingerprint density at radius 2 is 1.92 bits per heavy atom. The van der Waals surface area contributed by atoms with Gasteiger partial charge in [0.05, 0.1) is 5.54 Å². The zero-order valence-electron chi connectivity index (χ0n) is 16.4. The Morgan fingerprint density at radius 1 is 1.27 bits per heavy atom. The number of piperidine rings is 1. The number of rotatable bonds is 4. The average Bonchev–Trinajstić information content (AvgIpc) is 2.63. The fraction of sp³-hybridized carbons (Fsp3) is 0.667. The molecule has 2 aliphatic heterocycles. The highest BCUT2D eigenvalue weighted by Crippen LogP contribution is 2.36. The van der Waals surface area contributed by atoms with Crippen LogP contribution >= 0.6 is 0 Å². The normalized spacial score (nSPS) is 31.1. The van der Waals surface area contributed by atoms with E-state index in [0.717, 1.165) is 32.6 Å². The fourth-order valence-electron chi connectivity index (χ4n) is 5.08. The highest BCUT2D eigenvalue weighted by molar-refractivity contribution is 5.73. The van der Waals surface area contributed by atoms with Crippen molar-refractivity contribution < 1.29 is 4.79 Å². The van der Waals surface area contributed by atoms with Gasteiger partial charge in [0.25, 0.3) is 0 Å². The molecule has 2 heterocycles. The summed E-state index contributed by atoms with van der Waals surface area (Å²) in [5.74, 6) is 0.585. The van der Waals surface area contributed by atoms with E-state index >= 15 is 0 Å². The molecular weight excluding hydrogens is 324 g/mol. The topological polar surface area (TPSA) is 61.6 Å². The maximum atomic E-state index is 12.1. The minimum Gasteiger partial charge on any atom is -0.351 e. The van der Waals surface area contributed by atoms with Crippen LogP contribution in [-0.2, 0) is 6.54 Å². The number of benzene rings is 1. The van der Waals surface area contributed by atoms with Gasteiger partial charge in [-0.05, 0) is 57.7 Å². The molecule has 0 radical (unpaired) electrons. The number of piperazine rings is 1. The molecule has 144 valence electrons. The molecule has 2 aliphatic rings. The molecular formula is C21H34N4O. The number of nitrogens with zero attached hydrogens (tertiary/aromatic N) is 2. The summed E-state index contributed by atoms with van der Waals surface area (Å²) in [5.41, 5.74) is 6.93. The number of nitrogens with two attached hydrogens (primary N) is 1. The predicted octanol–water partition coefficient (Wildman–Crippen LogP) is 2.81. The van der Waals surface area contributed by atoms with E-state index in [4.69, 9.17) is 5.73 Å². The van der Waals surface area contributed by atoms with Crippen molar-refractivity contribution in [1.29, 1.82) is 0 Å². The molecule has 2 amide bonds. The van der Waals surface area contributed by atoms with Gasteiger partial charge < -0.3 is 16.0 Å². The quantitative estimate of drug-likeness (QED) is 0.870. The molecule has 3 unspecified atom stereocenters. The Bertz CT molecular complexity index is 599. The maximum absolute atomic E-state index is 12.1. The van der Waals surface area contributed by atoms with Crippen molar-refractivity contribution in [3.05, 3.63) is 35.9 Å². The summed E-state index contributed by atoms with van der Waals surface area (Å²) >= 11 is 0. The summed E-state index contributed by atoms with van der Waals surface area (Å²) in [6, 6.07) is 10.9. The zero-order valence-corrected chi connectivity index (χ0v) is 16.4. The third kappa shape index (κ3) is 3.74. The summed E-state index contributed by atoms with van der Waals surface area (Å²) in [4.78, 5) is 16.6. The largest absolute Gasteiger partial charge is 0.351 e. The number of nitrogens with one attached hydrogen (secondary N) is 1. The second kappa shape index (κ2) is 7.97. The number of amides is 2. The van der Waals surface area contributed by atoms with Crippen LogP contribution in [0.3, 0.4) is 0 Å². The van der Waals surface area contributed by atoms with Crippen LogP contribution in [0.5, 0.6) is 0 Å². The van der Waals surface area contributed by atoms with Crippen LogP contribution in [0.15, 0.2) is 30.3 Å². The number of carbonyl (C=O) groups is 1. The molecule has 3 rings (SSSR count). The van der Waals surface area contributed by atoms with Crippen LogP contribution in [0, 0.1) is 5.92 Å². The first-order valence-electron chi connectivity index (χ1n) is 10.0. The number of primary amides is 1. The summed E-state index contributed by atoms with van der Waals surface area (Å²) in [6.07, 6.45) is 3.25. The van der Waals surface area contributed by atoms with Gasteiger partial charge in [-0.3, -0.25) is 4.90 Å². The summed E-state index contributed by atoms with van der Waals surface area (Å²) in [6.45, 7) is 10.6. The number of likely N-dealkylation sites (tertiary alicyclic amines) is 1. The van der Waals surface area contributed by atoms with E-state index < -0.39 is 0 Å². The van der Waals surface area contributed by atoms with Gasteiger partial charge in [0, 0.05) is 25.2 Å². The smallest absolute Gasteiger partial charge is 0.315 e. The lowest BCUT2D eigenvalue weighted by Crippen LogP contribution is -2.72. The summed E-state index contributed by atoms with van der Waals surface area (Å²) in [7, 11) is 0.